The van der Waals surface area contributed by atoms with E-state index in [9.17, 15) is 4.79 Å². The summed E-state index contributed by atoms with van der Waals surface area (Å²) < 4.78 is 5.12. The standard InChI is InChI=1S/C10H17NO2/c1-6-7-8-11(5)9(12)13-10(2,3)4/h8H2,1-5H3. The lowest BCUT2D eigenvalue weighted by molar-refractivity contribution is 0.0321. The molecular weight excluding hydrogens is 166 g/mol. The number of carbonyl (C=O) groups is 1. The average molecular weight is 183 g/mol. The van der Waals surface area contributed by atoms with Crippen molar-refractivity contribution in [2.24, 2.45) is 0 Å². The Labute approximate surface area is 80.1 Å². The van der Waals surface area contributed by atoms with Crippen LogP contribution in [0.15, 0.2) is 0 Å². The maximum absolute atomic E-state index is 11.3. The van der Waals surface area contributed by atoms with Crippen molar-refractivity contribution in [2.45, 2.75) is 33.3 Å². The summed E-state index contributed by atoms with van der Waals surface area (Å²) in [7, 11) is 1.67. The molecule has 13 heavy (non-hydrogen) atoms. The first-order valence-corrected chi connectivity index (χ1v) is 4.20. The van der Waals surface area contributed by atoms with Gasteiger partial charge in [0.2, 0.25) is 0 Å². The van der Waals surface area contributed by atoms with E-state index in [-0.39, 0.29) is 6.09 Å². The Morgan fingerprint density at radius 1 is 1.46 bits per heavy atom. The van der Waals surface area contributed by atoms with Crippen LogP contribution >= 0.6 is 0 Å². The van der Waals surface area contributed by atoms with Gasteiger partial charge in [0.15, 0.2) is 0 Å². The van der Waals surface area contributed by atoms with Gasteiger partial charge in [0.25, 0.3) is 0 Å². The molecule has 0 saturated carbocycles. The molecule has 0 N–H and O–H groups in total. The number of amides is 1. The lowest BCUT2D eigenvalue weighted by atomic mass is 10.2. The smallest absolute Gasteiger partial charge is 0.410 e. The number of rotatable bonds is 1. The summed E-state index contributed by atoms with van der Waals surface area (Å²) in [5.74, 6) is 5.51. The van der Waals surface area contributed by atoms with Crippen LogP contribution in [0.25, 0.3) is 0 Å². The molecule has 0 aliphatic carbocycles. The molecule has 0 aromatic carbocycles. The molecule has 0 aromatic rings. The van der Waals surface area contributed by atoms with Crippen molar-refractivity contribution in [2.75, 3.05) is 13.6 Å². The molecule has 0 unspecified atom stereocenters. The zero-order valence-corrected chi connectivity index (χ0v) is 8.97. The van der Waals surface area contributed by atoms with Crippen LogP contribution in [0.4, 0.5) is 4.79 Å². The highest BCUT2D eigenvalue weighted by Crippen LogP contribution is 2.08. The number of ether oxygens (including phenoxy) is 1. The number of hydrogen-bond donors (Lipinski definition) is 0. The van der Waals surface area contributed by atoms with Crippen LogP contribution in [0, 0.1) is 11.8 Å². The van der Waals surface area contributed by atoms with Crippen molar-refractivity contribution in [1.82, 2.24) is 4.90 Å². The summed E-state index contributed by atoms with van der Waals surface area (Å²) in [5.41, 5.74) is -0.439. The Kier molecular flexibility index (Phi) is 4.33. The average Bonchev–Trinajstić information content (AvgIpc) is 1.96. The maximum Gasteiger partial charge on any atom is 0.410 e. The number of carbonyl (C=O) groups excluding carboxylic acids is 1. The van der Waals surface area contributed by atoms with Gasteiger partial charge in [-0.25, -0.2) is 4.79 Å². The van der Waals surface area contributed by atoms with Crippen LogP contribution in [-0.2, 0) is 4.74 Å². The molecule has 0 rings (SSSR count). The summed E-state index contributed by atoms with van der Waals surface area (Å²) in [6.07, 6.45) is -0.338. The summed E-state index contributed by atoms with van der Waals surface area (Å²) in [4.78, 5) is 12.7. The van der Waals surface area contributed by atoms with Crippen LogP contribution in [0.5, 0.6) is 0 Å². The second kappa shape index (κ2) is 4.76. The number of hydrogen-bond acceptors (Lipinski definition) is 2. The zero-order valence-electron chi connectivity index (χ0n) is 8.97. The van der Waals surface area contributed by atoms with Crippen molar-refractivity contribution < 1.29 is 9.53 Å². The second-order valence-electron chi connectivity index (χ2n) is 3.76. The van der Waals surface area contributed by atoms with E-state index in [1.807, 2.05) is 20.8 Å². The van der Waals surface area contributed by atoms with Gasteiger partial charge in [0.05, 0.1) is 6.54 Å². The molecular formula is C10H17NO2. The van der Waals surface area contributed by atoms with Crippen LogP contribution in [0.2, 0.25) is 0 Å². The highest BCUT2D eigenvalue weighted by atomic mass is 16.6. The van der Waals surface area contributed by atoms with Crippen molar-refractivity contribution in [3.63, 3.8) is 0 Å². The molecule has 0 bridgehead atoms. The van der Waals surface area contributed by atoms with Crippen molar-refractivity contribution in [3.05, 3.63) is 0 Å². The monoisotopic (exact) mass is 183 g/mol. The third-order valence-corrected chi connectivity index (χ3v) is 1.20. The van der Waals surface area contributed by atoms with Crippen LogP contribution in [0.3, 0.4) is 0 Å². The molecule has 1 amide bonds. The van der Waals surface area contributed by atoms with Crippen molar-refractivity contribution in [1.29, 1.82) is 0 Å². The third-order valence-electron chi connectivity index (χ3n) is 1.20. The fourth-order valence-corrected chi connectivity index (χ4v) is 0.602. The molecule has 0 aliphatic rings. The second-order valence-corrected chi connectivity index (χ2v) is 3.76. The first-order valence-electron chi connectivity index (χ1n) is 4.20. The predicted molar refractivity (Wildman–Crippen MR) is 52.3 cm³/mol. The van der Waals surface area contributed by atoms with Gasteiger partial charge >= 0.3 is 6.09 Å². The van der Waals surface area contributed by atoms with Gasteiger partial charge in [-0.3, -0.25) is 0 Å². The minimum absolute atomic E-state index is 0.338. The molecule has 0 heterocycles. The normalized spacial score (nSPS) is 9.92. The summed E-state index contributed by atoms with van der Waals surface area (Å²) in [5, 5.41) is 0. The first kappa shape index (κ1) is 11.8. The van der Waals surface area contributed by atoms with Gasteiger partial charge < -0.3 is 9.64 Å². The minimum atomic E-state index is -0.439. The molecule has 0 fully saturated rings. The third kappa shape index (κ3) is 6.03. The van der Waals surface area contributed by atoms with Gasteiger partial charge in [0.1, 0.15) is 5.60 Å². The number of nitrogens with zero attached hydrogens (tertiary/aromatic N) is 1. The van der Waals surface area contributed by atoms with Gasteiger partial charge in [-0.05, 0) is 27.7 Å². The van der Waals surface area contributed by atoms with Gasteiger partial charge in [0, 0.05) is 7.05 Å². The van der Waals surface area contributed by atoms with E-state index in [1.165, 1.54) is 4.90 Å². The molecule has 0 aromatic heterocycles. The Bertz CT molecular complexity index is 230. The fraction of sp³-hybridized carbons (Fsp3) is 0.700. The van der Waals surface area contributed by atoms with Crippen molar-refractivity contribution >= 4 is 6.09 Å². The molecule has 0 radical (unpaired) electrons. The SMILES string of the molecule is CC#CCN(C)C(=O)OC(C)(C)C. The molecule has 0 spiro atoms. The quantitative estimate of drug-likeness (QED) is 0.581. The summed E-state index contributed by atoms with van der Waals surface area (Å²) in [6, 6.07) is 0. The lowest BCUT2D eigenvalue weighted by Gasteiger charge is -2.23. The van der Waals surface area contributed by atoms with Crippen LogP contribution in [-0.4, -0.2) is 30.2 Å². The highest BCUT2D eigenvalue weighted by Gasteiger charge is 2.18. The Balaban J connectivity index is 4.02. The Morgan fingerprint density at radius 3 is 2.38 bits per heavy atom. The molecule has 0 aliphatic heterocycles. The Morgan fingerprint density at radius 2 is 2.00 bits per heavy atom. The molecule has 0 atom stereocenters. The fourth-order valence-electron chi connectivity index (χ4n) is 0.602. The van der Waals surface area contributed by atoms with E-state index in [1.54, 1.807) is 14.0 Å². The predicted octanol–water partition coefficient (Wildman–Crippen LogP) is 1.88. The summed E-state index contributed by atoms with van der Waals surface area (Å²) >= 11 is 0. The van der Waals surface area contributed by atoms with Crippen LogP contribution < -0.4 is 0 Å². The molecule has 3 heteroatoms. The molecule has 3 nitrogen and oxygen atoms in total. The zero-order chi connectivity index (χ0) is 10.5. The first-order chi connectivity index (χ1) is 5.87. The summed E-state index contributed by atoms with van der Waals surface area (Å²) in [6.45, 7) is 7.66. The van der Waals surface area contributed by atoms with Gasteiger partial charge in [-0.1, -0.05) is 5.92 Å². The van der Waals surface area contributed by atoms with Crippen LogP contribution in [0.1, 0.15) is 27.7 Å². The van der Waals surface area contributed by atoms with E-state index in [0.717, 1.165) is 0 Å². The maximum atomic E-state index is 11.3. The van der Waals surface area contributed by atoms with Gasteiger partial charge in [-0.15, -0.1) is 5.92 Å². The lowest BCUT2D eigenvalue weighted by Crippen LogP contribution is -2.34. The molecule has 0 saturated heterocycles. The minimum Gasteiger partial charge on any atom is -0.444 e. The van der Waals surface area contributed by atoms with E-state index in [2.05, 4.69) is 11.8 Å². The molecule has 74 valence electrons. The topological polar surface area (TPSA) is 29.5 Å². The van der Waals surface area contributed by atoms with Crippen molar-refractivity contribution in [3.8, 4) is 11.8 Å². The van der Waals surface area contributed by atoms with E-state index < -0.39 is 5.60 Å². The Hall–Kier alpha value is -1.17. The van der Waals surface area contributed by atoms with E-state index in [4.69, 9.17) is 4.74 Å². The van der Waals surface area contributed by atoms with E-state index in [0.29, 0.717) is 6.54 Å². The largest absolute Gasteiger partial charge is 0.444 e. The highest BCUT2D eigenvalue weighted by molar-refractivity contribution is 5.68. The van der Waals surface area contributed by atoms with Gasteiger partial charge in [-0.2, -0.15) is 0 Å². The van der Waals surface area contributed by atoms with E-state index >= 15 is 0 Å².